The molecule has 0 aliphatic rings. The molecule has 4 aromatic carbocycles. The van der Waals surface area contributed by atoms with Crippen molar-refractivity contribution in [1.29, 1.82) is 0 Å². The van der Waals surface area contributed by atoms with Gasteiger partial charge in [0.2, 0.25) is 12.2 Å². The first-order valence-corrected chi connectivity index (χ1v) is 18.8. The Morgan fingerprint density at radius 1 is 0.542 bits per heavy atom. The number of aromatic nitrogens is 4. The normalized spacial score (nSPS) is 12.1. The van der Waals surface area contributed by atoms with Gasteiger partial charge in [-0.3, -0.25) is 0 Å². The van der Waals surface area contributed by atoms with E-state index >= 15 is 0 Å². The lowest BCUT2D eigenvalue weighted by atomic mass is 9.70. The van der Waals surface area contributed by atoms with E-state index in [0.717, 1.165) is 11.1 Å². The van der Waals surface area contributed by atoms with Crippen LogP contribution in [0.5, 0.6) is 12.0 Å². The van der Waals surface area contributed by atoms with Crippen LogP contribution in [0, 0.1) is 27.7 Å². The zero-order valence-electron chi connectivity index (χ0n) is 33.6. The monoisotopic (exact) mass is 801 g/mol. The van der Waals surface area contributed by atoms with Gasteiger partial charge in [0.05, 0.1) is 30.7 Å². The van der Waals surface area contributed by atoms with Crippen LogP contribution in [0.1, 0.15) is 52.0 Å². The van der Waals surface area contributed by atoms with E-state index < -0.39 is 41.6 Å². The van der Waals surface area contributed by atoms with Crippen molar-refractivity contribution in [2.45, 2.75) is 57.7 Å². The van der Waals surface area contributed by atoms with E-state index in [1.165, 1.54) is 0 Å². The summed E-state index contributed by atoms with van der Waals surface area (Å²) in [5, 5.41) is 31.3. The number of ether oxygens (including phenoxy) is 3. The van der Waals surface area contributed by atoms with Crippen molar-refractivity contribution in [3.8, 4) is 12.0 Å². The molecule has 308 valence electrons. The summed E-state index contributed by atoms with van der Waals surface area (Å²) < 4.78 is 17.3. The van der Waals surface area contributed by atoms with Crippen molar-refractivity contribution < 1.29 is 44.6 Å². The van der Waals surface area contributed by atoms with Crippen molar-refractivity contribution in [2.75, 3.05) is 19.8 Å². The molecule has 0 unspecified atom stereocenters. The van der Waals surface area contributed by atoms with Gasteiger partial charge < -0.3 is 35.0 Å². The van der Waals surface area contributed by atoms with Crippen molar-refractivity contribution in [2.24, 2.45) is 0 Å². The second-order valence-corrected chi connectivity index (χ2v) is 13.7. The fourth-order valence-corrected chi connectivity index (χ4v) is 7.05. The highest BCUT2D eigenvalue weighted by atomic mass is 16.6. The molecule has 2 heterocycles. The van der Waals surface area contributed by atoms with Crippen LogP contribution < -0.4 is 9.47 Å². The number of carboxylic acid groups (broad SMARTS) is 1. The lowest BCUT2D eigenvalue weighted by Crippen LogP contribution is -2.52. The molecule has 0 saturated carbocycles. The van der Waals surface area contributed by atoms with Gasteiger partial charge in [-0.15, -0.1) is 0 Å². The van der Waals surface area contributed by atoms with Gasteiger partial charge in [-0.1, -0.05) is 121 Å². The molecule has 13 heteroatoms. The van der Waals surface area contributed by atoms with Gasteiger partial charge in [-0.05, 0) is 69.0 Å². The number of aliphatic hydroxyl groups excluding tert-OH is 2. The Balaban J connectivity index is 0.000000257. The number of aliphatic hydroxyl groups is 2. The topological polar surface area (TPSA) is 204 Å². The predicted molar refractivity (Wildman–Crippen MR) is 220 cm³/mol. The highest BCUT2D eigenvalue weighted by Gasteiger charge is 2.50. The number of aryl methyl sites for hydroxylation is 4. The minimum atomic E-state index is -1.44. The Kier molecular flexibility index (Phi) is 15.9. The number of carbonyl (C=O) groups excluding carboxylic acids is 1. The van der Waals surface area contributed by atoms with Gasteiger partial charge in [0, 0.05) is 22.8 Å². The first-order chi connectivity index (χ1) is 28.0. The van der Waals surface area contributed by atoms with Gasteiger partial charge in [0.1, 0.15) is 0 Å². The molecular formula is C46H49N4O9-. The summed E-state index contributed by atoms with van der Waals surface area (Å²) in [7, 11) is 0. The van der Waals surface area contributed by atoms with Crippen LogP contribution in [-0.2, 0) is 25.2 Å². The number of nitrogens with zero attached hydrogens (tertiary/aromatic N) is 4. The molecule has 0 radical (unpaired) electrons. The summed E-state index contributed by atoms with van der Waals surface area (Å²) in [6, 6.07) is 40.3. The van der Waals surface area contributed by atoms with Crippen LogP contribution in [0.2, 0.25) is 0 Å². The molecule has 0 aliphatic heterocycles. The third kappa shape index (κ3) is 10.3. The van der Waals surface area contributed by atoms with Gasteiger partial charge >= 0.3 is 24.0 Å². The van der Waals surface area contributed by atoms with E-state index in [1.807, 2.05) is 92.7 Å². The maximum Gasteiger partial charge on any atom is 0.348 e. The number of benzene rings is 4. The smallest absolute Gasteiger partial charge is 0.348 e. The zero-order valence-corrected chi connectivity index (χ0v) is 33.6. The quantitative estimate of drug-likeness (QED) is 0.100. The average molecular weight is 802 g/mol. The Morgan fingerprint density at radius 3 is 1.10 bits per heavy atom. The molecule has 0 bridgehead atoms. The highest BCUT2D eigenvalue weighted by Crippen LogP contribution is 2.39. The second-order valence-electron chi connectivity index (χ2n) is 13.7. The maximum absolute atomic E-state index is 13.2. The summed E-state index contributed by atoms with van der Waals surface area (Å²) in [6.45, 7) is 8.28. The van der Waals surface area contributed by atoms with Gasteiger partial charge in [0.15, 0.2) is 0 Å². The lowest BCUT2D eigenvalue weighted by Gasteiger charge is -2.38. The molecule has 0 aliphatic carbocycles. The molecule has 0 amide bonds. The minimum absolute atomic E-state index is 0. The molecule has 6 aromatic rings. The molecule has 4 N–H and O–H groups in total. The van der Waals surface area contributed by atoms with Crippen molar-refractivity contribution in [1.82, 2.24) is 19.9 Å². The minimum Gasteiger partial charge on any atom is -0.870 e. The fraction of sp³-hybridized carbons (Fsp3) is 0.261. The van der Waals surface area contributed by atoms with Crippen LogP contribution in [0.25, 0.3) is 0 Å². The number of carbonyl (C=O) groups is 2. The van der Waals surface area contributed by atoms with Crippen molar-refractivity contribution in [3.63, 3.8) is 0 Å². The second kappa shape index (κ2) is 20.8. The van der Waals surface area contributed by atoms with Crippen LogP contribution in [0.4, 0.5) is 0 Å². The van der Waals surface area contributed by atoms with E-state index in [2.05, 4.69) is 19.9 Å². The Labute approximate surface area is 343 Å². The average Bonchev–Trinajstić information content (AvgIpc) is 3.22. The highest BCUT2D eigenvalue weighted by molar-refractivity contribution is 5.79. The van der Waals surface area contributed by atoms with E-state index in [9.17, 15) is 24.9 Å². The predicted octanol–water partition coefficient (Wildman–Crippen LogP) is 6.11. The summed E-state index contributed by atoms with van der Waals surface area (Å²) >= 11 is 0. The standard InChI is InChI=1S/C24H26N2O4.C22H22N2O4.H2O/c1-4-29-22(28)21(30-23-25-17(2)15-18(3)26-23)24(16-27,19-11-7-5-8-12-19)20-13-9-6-10-14-20;1-15-13-16(2)24-21(23-15)28-19(20(26)27)22(14-25,17-9-5-3-6-10-17)18-11-7-4-8-12-18;/h5-15,21,27H,4,16H2,1-3H3;3-13,19,25H,14H2,1-2H3,(H,26,27);1H2/p-1/t21-;19-;/m11./s1. The first kappa shape index (κ1) is 45.2. The summed E-state index contributed by atoms with van der Waals surface area (Å²) in [5.41, 5.74) is 2.92. The Bertz CT molecular complexity index is 2130. The molecule has 0 fully saturated rings. The van der Waals surface area contributed by atoms with Gasteiger partial charge in [-0.2, -0.15) is 0 Å². The van der Waals surface area contributed by atoms with Gasteiger partial charge in [-0.25, -0.2) is 29.5 Å². The zero-order chi connectivity index (χ0) is 41.7. The third-order valence-electron chi connectivity index (χ3n) is 9.64. The van der Waals surface area contributed by atoms with Crippen molar-refractivity contribution >= 4 is 11.9 Å². The largest absolute Gasteiger partial charge is 0.870 e. The number of carboxylic acids is 1. The molecule has 2 atom stereocenters. The van der Waals surface area contributed by atoms with E-state index in [-0.39, 0.29) is 30.7 Å². The molecule has 13 nitrogen and oxygen atoms in total. The molecular weight excluding hydrogens is 753 g/mol. The number of hydrogen-bond donors (Lipinski definition) is 3. The summed E-state index contributed by atoms with van der Waals surface area (Å²) in [6.07, 6.45) is -2.64. The SMILES string of the molecule is CCOC(=O)[C@@H](Oc1nc(C)cc(C)n1)C(CO)(c1ccccc1)c1ccccc1.Cc1cc(C)nc(O[C@H](C(=O)O)C(CO)(c2ccccc2)c2ccccc2)n1.[OH-]. The number of rotatable bonds is 15. The Morgan fingerprint density at radius 2 is 0.831 bits per heavy atom. The van der Waals surface area contributed by atoms with Crippen LogP contribution >= 0.6 is 0 Å². The summed E-state index contributed by atoms with van der Waals surface area (Å²) in [5.74, 6) is -1.81. The Hall–Kier alpha value is -6.54. The molecule has 6 rings (SSSR count). The van der Waals surface area contributed by atoms with Crippen LogP contribution in [0.15, 0.2) is 133 Å². The van der Waals surface area contributed by atoms with Crippen LogP contribution in [-0.4, -0.2) is 84.7 Å². The summed E-state index contributed by atoms with van der Waals surface area (Å²) in [4.78, 5) is 42.6. The van der Waals surface area contributed by atoms with E-state index in [1.54, 1.807) is 75.4 Å². The molecule has 2 aromatic heterocycles. The van der Waals surface area contributed by atoms with Gasteiger partial charge in [0.25, 0.3) is 0 Å². The number of esters is 1. The first-order valence-electron chi connectivity index (χ1n) is 18.8. The fourth-order valence-electron chi connectivity index (χ4n) is 7.05. The number of hydrogen-bond acceptors (Lipinski definition) is 12. The molecule has 0 saturated heterocycles. The maximum atomic E-state index is 13.2. The third-order valence-corrected chi connectivity index (χ3v) is 9.64. The molecule has 59 heavy (non-hydrogen) atoms. The number of aliphatic carboxylic acids is 1. The molecule has 0 spiro atoms. The lowest BCUT2D eigenvalue weighted by molar-refractivity contribution is -0.155. The van der Waals surface area contributed by atoms with Crippen LogP contribution in [0.3, 0.4) is 0 Å². The van der Waals surface area contributed by atoms with E-state index in [4.69, 9.17) is 14.2 Å². The van der Waals surface area contributed by atoms with E-state index in [0.29, 0.717) is 33.9 Å². The van der Waals surface area contributed by atoms with Crippen molar-refractivity contribution in [3.05, 3.63) is 178 Å².